The van der Waals surface area contributed by atoms with Gasteiger partial charge in [0.05, 0.1) is 19.1 Å². The molecular formula is C25H34N4O3S. The van der Waals surface area contributed by atoms with Gasteiger partial charge in [-0.2, -0.15) is 5.10 Å². The third-order valence-corrected chi connectivity index (χ3v) is 7.47. The zero-order valence-electron chi connectivity index (χ0n) is 20.2. The molecule has 178 valence electrons. The van der Waals surface area contributed by atoms with E-state index in [1.807, 2.05) is 36.0 Å². The lowest BCUT2D eigenvalue weighted by molar-refractivity contribution is 0.0951. The van der Waals surface area contributed by atoms with Gasteiger partial charge in [0.15, 0.2) is 11.5 Å². The molecule has 1 aliphatic heterocycles. The van der Waals surface area contributed by atoms with Crippen molar-refractivity contribution in [1.82, 2.24) is 20.0 Å². The Morgan fingerprint density at radius 1 is 1.15 bits per heavy atom. The Bertz CT molecular complexity index is 1110. The minimum Gasteiger partial charge on any atom is -0.493 e. The van der Waals surface area contributed by atoms with Gasteiger partial charge in [0.25, 0.3) is 5.91 Å². The molecule has 1 aromatic carbocycles. The molecule has 4 rings (SSSR count). The number of carbonyl (C=O) groups excluding carboxylic acids is 1. The molecule has 3 heterocycles. The highest BCUT2D eigenvalue weighted by Crippen LogP contribution is 2.37. The van der Waals surface area contributed by atoms with Gasteiger partial charge in [0, 0.05) is 37.6 Å². The lowest BCUT2D eigenvalue weighted by Gasteiger charge is -2.34. The number of hydrogen-bond acceptors (Lipinski definition) is 6. The van der Waals surface area contributed by atoms with Crippen molar-refractivity contribution in [2.45, 2.75) is 26.7 Å². The van der Waals surface area contributed by atoms with Crippen LogP contribution in [0, 0.1) is 11.8 Å². The van der Waals surface area contributed by atoms with Crippen LogP contribution in [0.1, 0.15) is 36.4 Å². The molecule has 1 fully saturated rings. The van der Waals surface area contributed by atoms with Crippen molar-refractivity contribution in [3.8, 4) is 22.8 Å². The van der Waals surface area contributed by atoms with Crippen LogP contribution in [-0.2, 0) is 7.05 Å². The highest BCUT2D eigenvalue weighted by atomic mass is 32.1. The second kappa shape index (κ2) is 10.1. The number of amides is 1. The summed E-state index contributed by atoms with van der Waals surface area (Å²) in [6.07, 6.45) is 2.29. The van der Waals surface area contributed by atoms with Crippen LogP contribution in [-0.4, -0.2) is 61.0 Å². The summed E-state index contributed by atoms with van der Waals surface area (Å²) in [5, 5.41) is 8.76. The Morgan fingerprint density at radius 3 is 2.58 bits per heavy atom. The molecule has 1 amide bonds. The van der Waals surface area contributed by atoms with Gasteiger partial charge in [-0.1, -0.05) is 13.8 Å². The maximum atomic E-state index is 12.8. The highest BCUT2D eigenvalue weighted by Gasteiger charge is 2.22. The van der Waals surface area contributed by atoms with E-state index in [0.717, 1.165) is 46.3 Å². The maximum Gasteiger partial charge on any atom is 0.261 e. The number of likely N-dealkylation sites (tertiary alicyclic amines) is 1. The van der Waals surface area contributed by atoms with Crippen molar-refractivity contribution in [2.75, 3.05) is 40.4 Å². The van der Waals surface area contributed by atoms with Crippen molar-refractivity contribution < 1.29 is 14.3 Å². The van der Waals surface area contributed by atoms with Crippen LogP contribution in [0.15, 0.2) is 24.3 Å². The first-order chi connectivity index (χ1) is 15.9. The van der Waals surface area contributed by atoms with Crippen LogP contribution >= 0.6 is 11.3 Å². The first-order valence-corrected chi connectivity index (χ1v) is 12.4. The monoisotopic (exact) mass is 470 g/mol. The Balaban J connectivity index is 1.42. The lowest BCUT2D eigenvalue weighted by Crippen LogP contribution is -2.40. The second-order valence-corrected chi connectivity index (χ2v) is 10.2. The zero-order valence-corrected chi connectivity index (χ0v) is 21.0. The fourth-order valence-corrected chi connectivity index (χ4v) is 5.90. The van der Waals surface area contributed by atoms with Gasteiger partial charge in [0.2, 0.25) is 0 Å². The van der Waals surface area contributed by atoms with Crippen LogP contribution in [0.3, 0.4) is 0 Å². The molecule has 0 unspecified atom stereocenters. The van der Waals surface area contributed by atoms with Crippen LogP contribution in [0.2, 0.25) is 0 Å². The molecule has 3 aromatic rings. The zero-order chi connectivity index (χ0) is 23.5. The molecule has 2 aromatic heterocycles. The van der Waals surface area contributed by atoms with Gasteiger partial charge in [-0.05, 0) is 55.5 Å². The third-order valence-electron chi connectivity index (χ3n) is 6.27. The van der Waals surface area contributed by atoms with E-state index < -0.39 is 0 Å². The number of thiophene rings is 1. The Kier molecular flexibility index (Phi) is 7.24. The van der Waals surface area contributed by atoms with Crippen LogP contribution in [0.5, 0.6) is 11.5 Å². The van der Waals surface area contributed by atoms with Crippen LogP contribution in [0.25, 0.3) is 21.5 Å². The quantitative estimate of drug-likeness (QED) is 0.494. The van der Waals surface area contributed by atoms with Gasteiger partial charge in [-0.15, -0.1) is 11.3 Å². The van der Waals surface area contributed by atoms with Gasteiger partial charge in [-0.3, -0.25) is 9.48 Å². The molecule has 0 saturated carbocycles. The van der Waals surface area contributed by atoms with E-state index in [4.69, 9.17) is 9.47 Å². The first kappa shape index (κ1) is 23.6. The largest absolute Gasteiger partial charge is 0.493 e. The van der Waals surface area contributed by atoms with Crippen molar-refractivity contribution in [1.29, 1.82) is 0 Å². The number of nitrogens with one attached hydrogen (secondary N) is 1. The lowest BCUT2D eigenvalue weighted by atomic mass is 9.92. The molecule has 1 N–H and O–H groups in total. The number of hydrogen-bond donors (Lipinski definition) is 1. The summed E-state index contributed by atoms with van der Waals surface area (Å²) in [7, 11) is 5.15. The number of aromatic nitrogens is 2. The Labute approximate surface area is 199 Å². The minimum absolute atomic E-state index is 0.0187. The predicted molar refractivity (Wildman–Crippen MR) is 133 cm³/mol. The van der Waals surface area contributed by atoms with E-state index >= 15 is 0 Å². The van der Waals surface area contributed by atoms with Crippen LogP contribution in [0.4, 0.5) is 0 Å². The van der Waals surface area contributed by atoms with E-state index in [0.29, 0.717) is 22.9 Å². The van der Waals surface area contributed by atoms with Crippen molar-refractivity contribution in [2.24, 2.45) is 18.9 Å². The van der Waals surface area contributed by atoms with Crippen LogP contribution < -0.4 is 14.8 Å². The highest BCUT2D eigenvalue weighted by molar-refractivity contribution is 7.20. The summed E-state index contributed by atoms with van der Waals surface area (Å²) in [5.74, 6) is 2.83. The number of nitrogens with zero attached hydrogens (tertiary/aromatic N) is 3. The minimum atomic E-state index is -0.0187. The Hall–Kier alpha value is -2.58. The Morgan fingerprint density at radius 2 is 1.88 bits per heavy atom. The number of ether oxygens (including phenoxy) is 2. The normalized spacial score (nSPS) is 19.1. The number of fused-ring (bicyclic) bond motifs is 1. The summed E-state index contributed by atoms with van der Waals surface area (Å²) < 4.78 is 12.6. The number of methoxy groups -OCH3 is 2. The average Bonchev–Trinajstić information content (AvgIpc) is 3.36. The number of rotatable bonds is 8. The summed E-state index contributed by atoms with van der Waals surface area (Å²) >= 11 is 1.47. The summed E-state index contributed by atoms with van der Waals surface area (Å²) in [5.41, 5.74) is 1.75. The van der Waals surface area contributed by atoms with Gasteiger partial charge >= 0.3 is 0 Å². The average molecular weight is 471 g/mol. The number of piperidine rings is 1. The molecule has 2 atom stereocenters. The van der Waals surface area contributed by atoms with E-state index in [-0.39, 0.29) is 5.91 Å². The van der Waals surface area contributed by atoms with Crippen molar-refractivity contribution in [3.63, 3.8) is 0 Å². The topological polar surface area (TPSA) is 68.6 Å². The summed E-state index contributed by atoms with van der Waals surface area (Å²) in [6.45, 7) is 8.72. The van der Waals surface area contributed by atoms with Crippen molar-refractivity contribution in [3.05, 3.63) is 29.1 Å². The molecular weight excluding hydrogens is 436 g/mol. The molecule has 0 radical (unpaired) electrons. The predicted octanol–water partition coefficient (Wildman–Crippen LogP) is 4.42. The van der Waals surface area contributed by atoms with E-state index in [2.05, 4.69) is 29.2 Å². The number of carbonyl (C=O) groups is 1. The van der Waals surface area contributed by atoms with Gasteiger partial charge in [0.1, 0.15) is 10.5 Å². The van der Waals surface area contributed by atoms with E-state index in [1.54, 1.807) is 14.2 Å². The second-order valence-electron chi connectivity index (χ2n) is 9.19. The molecule has 7 nitrogen and oxygen atoms in total. The number of aryl methyl sites for hydroxylation is 1. The fraction of sp³-hybridized carbons (Fsp3) is 0.520. The molecule has 1 saturated heterocycles. The molecule has 0 aliphatic carbocycles. The molecule has 1 aliphatic rings. The summed E-state index contributed by atoms with van der Waals surface area (Å²) in [4.78, 5) is 17.0. The number of benzene rings is 1. The maximum absolute atomic E-state index is 12.8. The standard InChI is InChI=1S/C25H34N4O3S/c1-16-11-17(2)15-29(14-16)10-6-9-26-24(30)22-13-19-23(27-28(3)25(19)33-22)18-7-8-20(31-4)21(12-18)32-5/h7-8,12-13,16-17H,6,9-11,14-15H2,1-5H3,(H,26,30)/t16-,17-/m1/s1. The van der Waals surface area contributed by atoms with E-state index in [1.165, 1.54) is 30.8 Å². The summed E-state index contributed by atoms with van der Waals surface area (Å²) in [6, 6.07) is 7.70. The fourth-order valence-electron chi connectivity index (χ4n) is 4.92. The third kappa shape index (κ3) is 5.17. The van der Waals surface area contributed by atoms with Gasteiger partial charge in [-0.25, -0.2) is 0 Å². The molecule has 33 heavy (non-hydrogen) atoms. The SMILES string of the molecule is COc1ccc(-c2nn(C)c3sc(C(=O)NCCCN4C[C@H](C)C[C@@H](C)C4)cc23)cc1OC. The van der Waals surface area contributed by atoms with E-state index in [9.17, 15) is 4.79 Å². The smallest absolute Gasteiger partial charge is 0.261 e. The van der Waals surface area contributed by atoms with Crippen molar-refractivity contribution >= 4 is 27.5 Å². The molecule has 0 bridgehead atoms. The first-order valence-electron chi connectivity index (χ1n) is 11.6. The van der Waals surface area contributed by atoms with Gasteiger partial charge < -0.3 is 19.7 Å². The molecule has 0 spiro atoms. The molecule has 8 heteroatoms.